The van der Waals surface area contributed by atoms with Crippen molar-refractivity contribution >= 4 is 22.1 Å². The SMILES string of the molecule is COC(=O)/C=C/c1cc(OC)c(OC)c(S(=O)(=O)NC2CCN(Cc3cccc(C)c3)CC2)c1. The summed E-state index contributed by atoms with van der Waals surface area (Å²) in [6.45, 7) is 4.52. The van der Waals surface area contributed by atoms with E-state index in [0.717, 1.165) is 19.6 Å². The fraction of sp³-hybridized carbons (Fsp3) is 0.400. The minimum absolute atomic E-state index is 0.0407. The predicted octanol–water partition coefficient (Wildman–Crippen LogP) is 3.14. The third kappa shape index (κ3) is 6.59. The zero-order valence-corrected chi connectivity index (χ0v) is 20.9. The van der Waals surface area contributed by atoms with Crippen LogP contribution in [-0.2, 0) is 26.1 Å². The largest absolute Gasteiger partial charge is 0.493 e. The van der Waals surface area contributed by atoms with Gasteiger partial charge in [0.2, 0.25) is 10.0 Å². The summed E-state index contributed by atoms with van der Waals surface area (Å²) < 4.78 is 44.8. The number of piperidine rings is 1. The molecule has 1 aliphatic rings. The molecule has 1 aliphatic heterocycles. The number of carbonyl (C=O) groups excluding carboxylic acids is 1. The molecule has 0 aromatic heterocycles. The lowest BCUT2D eigenvalue weighted by atomic mass is 10.0. The Morgan fingerprint density at radius 1 is 1.12 bits per heavy atom. The van der Waals surface area contributed by atoms with Gasteiger partial charge in [0.1, 0.15) is 4.90 Å². The lowest BCUT2D eigenvalue weighted by Gasteiger charge is -2.32. The van der Waals surface area contributed by atoms with E-state index in [-0.39, 0.29) is 22.4 Å². The molecule has 1 heterocycles. The van der Waals surface area contributed by atoms with Gasteiger partial charge < -0.3 is 14.2 Å². The van der Waals surface area contributed by atoms with Crippen LogP contribution in [0.5, 0.6) is 11.5 Å². The molecule has 0 bridgehead atoms. The van der Waals surface area contributed by atoms with Crippen molar-refractivity contribution in [1.82, 2.24) is 9.62 Å². The molecular formula is C25H32N2O6S. The fourth-order valence-electron chi connectivity index (χ4n) is 4.04. The first-order valence-electron chi connectivity index (χ1n) is 11.1. The van der Waals surface area contributed by atoms with Crippen LogP contribution in [0.3, 0.4) is 0 Å². The van der Waals surface area contributed by atoms with Gasteiger partial charge in [-0.15, -0.1) is 0 Å². The molecule has 0 unspecified atom stereocenters. The maximum atomic E-state index is 13.3. The molecule has 0 radical (unpaired) electrons. The molecule has 8 nitrogen and oxygen atoms in total. The number of hydrogen-bond acceptors (Lipinski definition) is 7. The van der Waals surface area contributed by atoms with Crippen LogP contribution in [0.15, 0.2) is 47.4 Å². The van der Waals surface area contributed by atoms with Gasteiger partial charge in [-0.25, -0.2) is 17.9 Å². The van der Waals surface area contributed by atoms with Gasteiger partial charge in [-0.1, -0.05) is 29.8 Å². The number of aryl methyl sites for hydroxylation is 1. The van der Waals surface area contributed by atoms with Crippen LogP contribution in [0.4, 0.5) is 0 Å². The minimum atomic E-state index is -3.91. The maximum Gasteiger partial charge on any atom is 0.330 e. The Labute approximate surface area is 201 Å². The van der Waals surface area contributed by atoms with Crippen molar-refractivity contribution < 1.29 is 27.4 Å². The summed E-state index contributed by atoms with van der Waals surface area (Å²) in [5.74, 6) is -0.181. The van der Waals surface area contributed by atoms with Crippen molar-refractivity contribution in [1.29, 1.82) is 0 Å². The second kappa shape index (κ2) is 11.5. The lowest BCUT2D eigenvalue weighted by Crippen LogP contribution is -2.44. The Kier molecular flexibility index (Phi) is 8.71. The van der Waals surface area contributed by atoms with E-state index in [0.29, 0.717) is 18.4 Å². The summed E-state index contributed by atoms with van der Waals surface area (Å²) in [5, 5.41) is 0. The van der Waals surface area contributed by atoms with Crippen molar-refractivity contribution in [2.24, 2.45) is 0 Å². The Morgan fingerprint density at radius 3 is 2.47 bits per heavy atom. The average molecular weight is 489 g/mol. The Bertz CT molecular complexity index is 1140. The summed E-state index contributed by atoms with van der Waals surface area (Å²) in [6, 6.07) is 11.3. The number of nitrogens with zero attached hydrogens (tertiary/aromatic N) is 1. The average Bonchev–Trinajstić information content (AvgIpc) is 2.82. The molecule has 2 aromatic carbocycles. The quantitative estimate of drug-likeness (QED) is 0.428. The van der Waals surface area contributed by atoms with Gasteiger partial charge >= 0.3 is 5.97 Å². The summed E-state index contributed by atoms with van der Waals surface area (Å²) >= 11 is 0. The highest BCUT2D eigenvalue weighted by molar-refractivity contribution is 7.89. The predicted molar refractivity (Wildman–Crippen MR) is 130 cm³/mol. The normalized spacial score (nSPS) is 15.4. The molecule has 0 saturated carbocycles. The maximum absolute atomic E-state index is 13.3. The van der Waals surface area contributed by atoms with Crippen molar-refractivity contribution in [3.8, 4) is 11.5 Å². The number of sulfonamides is 1. The van der Waals surface area contributed by atoms with Gasteiger partial charge in [-0.05, 0) is 49.1 Å². The zero-order valence-electron chi connectivity index (χ0n) is 20.0. The molecular weight excluding hydrogens is 456 g/mol. The molecule has 0 aliphatic carbocycles. The van der Waals surface area contributed by atoms with Crippen LogP contribution in [-0.4, -0.2) is 59.7 Å². The van der Waals surface area contributed by atoms with Crippen LogP contribution in [0.1, 0.15) is 29.5 Å². The number of hydrogen-bond donors (Lipinski definition) is 1. The molecule has 0 amide bonds. The van der Waals surface area contributed by atoms with Gasteiger partial charge in [0.25, 0.3) is 0 Å². The summed E-state index contributed by atoms with van der Waals surface area (Å²) in [7, 11) is 0.187. The van der Waals surface area contributed by atoms with Crippen LogP contribution in [0.25, 0.3) is 6.08 Å². The number of rotatable bonds is 9. The van der Waals surface area contributed by atoms with Crippen molar-refractivity contribution in [2.75, 3.05) is 34.4 Å². The van der Waals surface area contributed by atoms with Crippen molar-refractivity contribution in [3.05, 3.63) is 59.2 Å². The fourth-order valence-corrected chi connectivity index (χ4v) is 5.56. The number of ether oxygens (including phenoxy) is 3. The van der Waals surface area contributed by atoms with Crippen LogP contribution in [0.2, 0.25) is 0 Å². The van der Waals surface area contributed by atoms with Crippen molar-refractivity contribution in [3.63, 3.8) is 0 Å². The highest BCUT2D eigenvalue weighted by Gasteiger charge is 2.28. The zero-order chi connectivity index (χ0) is 24.7. The van der Waals surface area contributed by atoms with Gasteiger partial charge in [0, 0.05) is 31.8 Å². The standard InChI is InChI=1S/C25H32N2O6S/c1-18-6-5-7-20(14-18)17-27-12-10-21(11-13-27)26-34(29,30)23-16-19(8-9-24(28)32-3)15-22(31-2)25(23)33-4/h5-9,14-16,21,26H,10-13,17H2,1-4H3/b9-8+. The third-order valence-electron chi connectivity index (χ3n) is 5.77. The number of esters is 1. The molecule has 2 aromatic rings. The molecule has 0 atom stereocenters. The first-order chi connectivity index (χ1) is 16.2. The topological polar surface area (TPSA) is 94.2 Å². The van der Waals surface area contributed by atoms with E-state index in [9.17, 15) is 13.2 Å². The van der Waals surface area contributed by atoms with Crippen LogP contribution >= 0.6 is 0 Å². The first-order valence-corrected chi connectivity index (χ1v) is 12.6. The monoisotopic (exact) mass is 488 g/mol. The lowest BCUT2D eigenvalue weighted by molar-refractivity contribution is -0.134. The highest BCUT2D eigenvalue weighted by atomic mass is 32.2. The Morgan fingerprint density at radius 2 is 1.85 bits per heavy atom. The molecule has 1 fully saturated rings. The number of methoxy groups -OCH3 is 3. The minimum Gasteiger partial charge on any atom is -0.493 e. The van der Waals surface area contributed by atoms with Gasteiger partial charge in [-0.2, -0.15) is 0 Å². The number of benzene rings is 2. The van der Waals surface area contributed by atoms with E-state index in [4.69, 9.17) is 9.47 Å². The van der Waals surface area contributed by atoms with Gasteiger partial charge in [0.05, 0.1) is 21.3 Å². The highest BCUT2D eigenvalue weighted by Crippen LogP contribution is 2.36. The molecule has 0 spiro atoms. The molecule has 1 saturated heterocycles. The number of nitrogens with one attached hydrogen (secondary N) is 1. The van der Waals surface area contributed by atoms with Crippen LogP contribution < -0.4 is 14.2 Å². The van der Waals surface area contributed by atoms with E-state index in [1.807, 2.05) is 0 Å². The summed E-state index contributed by atoms with van der Waals surface area (Å²) in [6.07, 6.45) is 4.09. The van der Waals surface area contributed by atoms with E-state index in [1.165, 1.54) is 50.7 Å². The second-order valence-electron chi connectivity index (χ2n) is 8.27. The molecule has 34 heavy (non-hydrogen) atoms. The van der Waals surface area contributed by atoms with E-state index in [1.54, 1.807) is 6.07 Å². The molecule has 1 N–H and O–H groups in total. The van der Waals surface area contributed by atoms with E-state index in [2.05, 4.69) is 45.5 Å². The molecule has 9 heteroatoms. The summed E-state index contributed by atoms with van der Waals surface area (Å²) in [5.41, 5.74) is 2.96. The number of carbonyl (C=O) groups is 1. The van der Waals surface area contributed by atoms with E-state index >= 15 is 0 Å². The number of likely N-dealkylation sites (tertiary alicyclic amines) is 1. The van der Waals surface area contributed by atoms with Gasteiger partial charge in [0.15, 0.2) is 11.5 Å². The Balaban J connectivity index is 1.74. The second-order valence-corrected chi connectivity index (χ2v) is 9.95. The third-order valence-corrected chi connectivity index (χ3v) is 7.29. The van der Waals surface area contributed by atoms with Crippen LogP contribution in [0, 0.1) is 6.92 Å². The molecule has 3 rings (SSSR count). The Hall–Kier alpha value is -2.88. The molecule has 184 valence electrons. The summed E-state index contributed by atoms with van der Waals surface area (Å²) in [4.78, 5) is 13.8. The first kappa shape index (κ1) is 25.7. The van der Waals surface area contributed by atoms with Gasteiger partial charge in [-0.3, -0.25) is 4.90 Å². The smallest absolute Gasteiger partial charge is 0.330 e. The van der Waals surface area contributed by atoms with E-state index < -0.39 is 16.0 Å². The van der Waals surface area contributed by atoms with Crippen molar-refractivity contribution in [2.45, 2.75) is 37.2 Å².